The number of pyridine rings is 2. The van der Waals surface area contributed by atoms with E-state index in [4.69, 9.17) is 23.9 Å². The molecule has 9 heterocycles. The van der Waals surface area contributed by atoms with Crippen LogP contribution in [-0.2, 0) is 19.5 Å². The number of carbonyl (C=O) groups excluding carboxylic acids is 1. The number of benzene rings is 3. The molecule has 5 fully saturated rings. The standard InChI is InChI=1S/C56H62N10O9S/c1-35-4-2-3-5-42(35)49-32-63(38-9-16-57-17-10-38)21-22-64(49)40-30-56(31-40)14-19-62(20-15-56)39-6-7-43(46(27-39)65-45-13-25-73-34-51(45)75-55-48(65)26-37-8-18-58-53(37)60-55)54(67)61-76(70,71)41-28-47(66(68)69)52-50(29-41)74-33-44(59-52)36-11-23-72-24-12-36/h2-10,16-18,26-29,36,40,44-45,49,51,59H,11-15,19-25,30-34H2,1H3,(H,58,60)(H,61,67)/t44-,45-,49-,51-/m0/s1. The number of carbonyl (C=O) groups is 1. The highest BCUT2D eigenvalue weighted by Gasteiger charge is 2.50. The summed E-state index contributed by atoms with van der Waals surface area (Å²) in [7, 11) is -4.70. The lowest BCUT2D eigenvalue weighted by molar-refractivity contribution is -0.384. The van der Waals surface area contributed by atoms with Crippen LogP contribution >= 0.6 is 0 Å². The third kappa shape index (κ3) is 8.91. The fourth-order valence-electron chi connectivity index (χ4n) is 13.3. The fraction of sp³-hybridized carbons (Fsp3) is 0.446. The van der Waals surface area contributed by atoms with Gasteiger partial charge >= 0.3 is 0 Å². The number of anilines is 5. The second-order valence-electron chi connectivity index (χ2n) is 21.7. The highest BCUT2D eigenvalue weighted by atomic mass is 32.2. The third-order valence-corrected chi connectivity index (χ3v) is 18.8. The number of hydrogen-bond acceptors (Lipinski definition) is 16. The monoisotopic (exact) mass is 1050 g/mol. The molecule has 4 saturated heterocycles. The second kappa shape index (κ2) is 19.5. The quantitative estimate of drug-likeness (QED) is 0.0880. The maximum Gasteiger partial charge on any atom is 0.297 e. The number of aryl methyl sites for hydroxylation is 1. The van der Waals surface area contributed by atoms with Crippen molar-refractivity contribution in [3.63, 3.8) is 0 Å². The summed E-state index contributed by atoms with van der Waals surface area (Å²) >= 11 is 0. The lowest BCUT2D eigenvalue weighted by Crippen LogP contribution is -2.60. The van der Waals surface area contributed by atoms with Crippen molar-refractivity contribution >= 4 is 61.1 Å². The molecule has 1 aliphatic carbocycles. The molecule has 6 aliphatic heterocycles. The highest BCUT2D eigenvalue weighted by molar-refractivity contribution is 7.90. The van der Waals surface area contributed by atoms with Crippen LogP contribution in [0.1, 0.15) is 72.5 Å². The zero-order chi connectivity index (χ0) is 51.7. The number of amides is 1. The summed E-state index contributed by atoms with van der Waals surface area (Å²) in [6.45, 7) is 8.84. The van der Waals surface area contributed by atoms with Crippen LogP contribution in [0.4, 0.5) is 34.1 Å². The second-order valence-corrected chi connectivity index (χ2v) is 23.4. The molecule has 19 nitrogen and oxygen atoms in total. The molecular weight excluding hydrogens is 989 g/mol. The molecule has 3 N–H and O–H groups in total. The van der Waals surface area contributed by atoms with Crippen LogP contribution < -0.4 is 34.2 Å². The molecule has 6 aromatic rings. The number of nitro groups is 1. The number of nitrogens with one attached hydrogen (secondary N) is 3. The summed E-state index contributed by atoms with van der Waals surface area (Å²) in [6, 6.07) is 25.0. The van der Waals surface area contributed by atoms with Crippen LogP contribution in [0.2, 0.25) is 0 Å². The first kappa shape index (κ1) is 48.6. The van der Waals surface area contributed by atoms with E-state index in [1.807, 2.05) is 42.9 Å². The summed E-state index contributed by atoms with van der Waals surface area (Å²) in [4.78, 5) is 48.4. The van der Waals surface area contributed by atoms with Gasteiger partial charge in [-0.2, -0.15) is 4.98 Å². The Morgan fingerprint density at radius 3 is 2.47 bits per heavy atom. The average Bonchev–Trinajstić information content (AvgIpc) is 3.97. The largest absolute Gasteiger partial charge is 0.489 e. The molecule has 13 rings (SSSR count). The molecule has 1 spiro atoms. The van der Waals surface area contributed by atoms with Crippen molar-refractivity contribution in [3.8, 4) is 11.6 Å². The summed E-state index contributed by atoms with van der Waals surface area (Å²) < 4.78 is 55.2. The highest BCUT2D eigenvalue weighted by Crippen LogP contribution is 2.54. The van der Waals surface area contributed by atoms with Gasteiger partial charge in [-0.25, -0.2) is 13.1 Å². The number of ether oxygens (including phenoxy) is 4. The summed E-state index contributed by atoms with van der Waals surface area (Å²) in [6.07, 6.45) is 11.5. The normalized spacial score (nSPS) is 23.8. The Labute approximate surface area is 441 Å². The van der Waals surface area contributed by atoms with E-state index in [0.717, 1.165) is 88.4 Å². The molecule has 0 unspecified atom stereocenters. The number of rotatable bonds is 10. The topological polar surface area (TPSA) is 210 Å². The van der Waals surface area contributed by atoms with Crippen molar-refractivity contribution in [2.75, 3.05) is 85.8 Å². The van der Waals surface area contributed by atoms with Crippen LogP contribution in [-0.4, -0.2) is 129 Å². The van der Waals surface area contributed by atoms with E-state index in [0.29, 0.717) is 61.8 Å². The molecule has 4 atom stereocenters. The average molecular weight is 1050 g/mol. The van der Waals surface area contributed by atoms with Crippen molar-refractivity contribution in [1.29, 1.82) is 0 Å². The molecular formula is C56H62N10O9S. The number of H-pyrrole nitrogens is 1. The minimum absolute atomic E-state index is 0.0291. The number of piperazine rings is 1. The minimum atomic E-state index is -4.70. The Hall–Kier alpha value is -7.00. The van der Waals surface area contributed by atoms with Gasteiger partial charge < -0.3 is 43.9 Å². The lowest BCUT2D eigenvalue weighted by atomic mass is 9.59. The van der Waals surface area contributed by atoms with E-state index in [1.54, 1.807) is 6.07 Å². The Morgan fingerprint density at radius 2 is 1.67 bits per heavy atom. The Morgan fingerprint density at radius 1 is 0.868 bits per heavy atom. The maximum absolute atomic E-state index is 14.9. The maximum atomic E-state index is 14.9. The van der Waals surface area contributed by atoms with E-state index < -0.39 is 37.5 Å². The third-order valence-electron chi connectivity index (χ3n) is 17.5. The Bertz CT molecular complexity index is 3300. The van der Waals surface area contributed by atoms with Gasteiger partial charge in [0.2, 0.25) is 5.88 Å². The van der Waals surface area contributed by atoms with Gasteiger partial charge in [-0.15, -0.1) is 0 Å². The number of piperidine rings is 1. The van der Waals surface area contributed by atoms with Crippen molar-refractivity contribution in [1.82, 2.24) is 24.6 Å². The van der Waals surface area contributed by atoms with E-state index in [-0.39, 0.29) is 53.1 Å². The summed E-state index contributed by atoms with van der Waals surface area (Å²) in [5, 5.41) is 16.7. The Balaban J connectivity index is 0.785. The SMILES string of the molecule is Cc1ccccc1[C@@H]1CN(c2ccncc2)CCN1C1CC2(CCN(c3ccc(C(=O)NS(=O)(=O)c4cc5c(c([N+](=O)[O-])c4)N[C@H](C4CCOCC4)CO5)c(N4c5cc6cc[nH]c6nc5O[C@H]5COCC[C@@H]54)c3)CC2)C1. The Kier molecular flexibility index (Phi) is 12.5. The molecule has 396 valence electrons. The van der Waals surface area contributed by atoms with Gasteiger partial charge in [0.1, 0.15) is 24.0 Å². The molecule has 1 amide bonds. The molecule has 1 saturated carbocycles. The number of aromatic nitrogens is 3. The van der Waals surface area contributed by atoms with Crippen LogP contribution in [0.15, 0.2) is 102 Å². The number of sulfonamides is 1. The number of aromatic amines is 1. The minimum Gasteiger partial charge on any atom is -0.489 e. The first-order valence-corrected chi connectivity index (χ1v) is 28.2. The van der Waals surface area contributed by atoms with Gasteiger partial charge in [-0.1, -0.05) is 24.3 Å². The molecule has 0 bridgehead atoms. The molecule has 20 heteroatoms. The molecule has 0 radical (unpaired) electrons. The van der Waals surface area contributed by atoms with Crippen LogP contribution in [0.25, 0.3) is 11.0 Å². The number of nitro benzene ring substituents is 1. The van der Waals surface area contributed by atoms with Gasteiger partial charge in [-0.3, -0.25) is 24.8 Å². The van der Waals surface area contributed by atoms with E-state index in [2.05, 4.69) is 82.9 Å². The zero-order valence-corrected chi connectivity index (χ0v) is 43.3. The fourth-order valence-corrected chi connectivity index (χ4v) is 14.3. The molecule has 76 heavy (non-hydrogen) atoms. The lowest BCUT2D eigenvalue weighted by Gasteiger charge is -2.58. The van der Waals surface area contributed by atoms with Crippen LogP contribution in [0.3, 0.4) is 0 Å². The van der Waals surface area contributed by atoms with Crippen LogP contribution in [0, 0.1) is 28.4 Å². The first-order valence-electron chi connectivity index (χ1n) is 26.7. The molecule has 3 aromatic heterocycles. The molecule has 7 aliphatic rings. The number of hydrogen-bond donors (Lipinski definition) is 3. The number of fused-ring (bicyclic) bond motifs is 4. The predicted octanol–water partition coefficient (Wildman–Crippen LogP) is 7.89. The molecule has 3 aromatic carbocycles. The van der Waals surface area contributed by atoms with E-state index in [1.165, 1.54) is 22.9 Å². The predicted molar refractivity (Wildman–Crippen MR) is 286 cm³/mol. The van der Waals surface area contributed by atoms with Crippen LogP contribution in [0.5, 0.6) is 11.6 Å². The smallest absolute Gasteiger partial charge is 0.297 e. The van der Waals surface area contributed by atoms with Crippen molar-refractivity contribution in [2.45, 2.75) is 87.0 Å². The van der Waals surface area contributed by atoms with Gasteiger partial charge in [-0.05, 0) is 117 Å². The summed E-state index contributed by atoms with van der Waals surface area (Å²) in [5.74, 6) is -0.331. The van der Waals surface area contributed by atoms with Gasteiger partial charge in [0.25, 0.3) is 21.6 Å². The van der Waals surface area contributed by atoms with Crippen molar-refractivity contribution in [3.05, 3.63) is 124 Å². The van der Waals surface area contributed by atoms with Gasteiger partial charge in [0, 0.05) is 106 Å². The van der Waals surface area contributed by atoms with Crippen molar-refractivity contribution in [2.24, 2.45) is 11.3 Å². The van der Waals surface area contributed by atoms with E-state index >= 15 is 0 Å². The number of nitrogens with zero attached hydrogens (tertiary/aromatic N) is 7. The van der Waals surface area contributed by atoms with Crippen molar-refractivity contribution < 1.29 is 37.1 Å². The first-order chi connectivity index (χ1) is 37.0. The van der Waals surface area contributed by atoms with Gasteiger partial charge in [0.15, 0.2) is 11.4 Å². The summed E-state index contributed by atoms with van der Waals surface area (Å²) in [5.41, 5.74) is 6.57. The van der Waals surface area contributed by atoms with Gasteiger partial charge in [0.05, 0.1) is 45.8 Å². The zero-order valence-electron chi connectivity index (χ0n) is 42.4. The van der Waals surface area contributed by atoms with E-state index in [9.17, 15) is 23.3 Å².